The van der Waals surface area contributed by atoms with Crippen molar-refractivity contribution < 1.29 is 13.9 Å². The van der Waals surface area contributed by atoms with Gasteiger partial charge in [-0.15, -0.1) is 0 Å². The van der Waals surface area contributed by atoms with Crippen LogP contribution in [0.3, 0.4) is 0 Å². The molecule has 3 nitrogen and oxygen atoms in total. The summed E-state index contributed by atoms with van der Waals surface area (Å²) in [6.45, 7) is 5.60. The van der Waals surface area contributed by atoms with Gasteiger partial charge in [0.05, 0.1) is 5.92 Å². The molecule has 0 saturated carbocycles. The molecule has 1 aromatic carbocycles. The molecule has 122 valence electrons. The number of rotatable bonds is 6. The van der Waals surface area contributed by atoms with E-state index in [1.165, 1.54) is 6.07 Å². The van der Waals surface area contributed by atoms with E-state index in [1.54, 1.807) is 12.1 Å². The molecule has 0 unspecified atom stereocenters. The first kappa shape index (κ1) is 17.4. The Morgan fingerprint density at radius 2 is 2.09 bits per heavy atom. The van der Waals surface area contributed by atoms with Crippen molar-refractivity contribution in [1.29, 1.82) is 0 Å². The largest absolute Gasteiger partial charge is 0.381 e. The number of ether oxygens (including phenoxy) is 1. The maximum absolute atomic E-state index is 14.2. The highest BCUT2D eigenvalue weighted by molar-refractivity contribution is 6.30. The molecule has 0 spiro atoms. The maximum atomic E-state index is 14.2. The van der Waals surface area contributed by atoms with Gasteiger partial charge in [0.1, 0.15) is 11.6 Å². The summed E-state index contributed by atoms with van der Waals surface area (Å²) in [5.74, 6) is -1.00. The molecule has 0 bridgehead atoms. The minimum atomic E-state index is -0.486. The van der Waals surface area contributed by atoms with Crippen molar-refractivity contribution in [3.8, 4) is 0 Å². The van der Waals surface area contributed by atoms with Crippen LogP contribution in [0.5, 0.6) is 0 Å². The van der Waals surface area contributed by atoms with Gasteiger partial charge in [-0.05, 0) is 30.5 Å². The van der Waals surface area contributed by atoms with Crippen molar-refractivity contribution in [2.24, 2.45) is 5.92 Å². The van der Waals surface area contributed by atoms with E-state index in [9.17, 15) is 9.18 Å². The smallest absolute Gasteiger partial charge is 0.144 e. The lowest BCUT2D eigenvalue weighted by Crippen LogP contribution is -2.39. The SMILES string of the molecule is CC(C)C(=O)[C@H](CNC1CCOCC1)c1ccc(Cl)cc1F. The highest BCUT2D eigenvalue weighted by Crippen LogP contribution is 2.25. The van der Waals surface area contributed by atoms with Gasteiger partial charge >= 0.3 is 0 Å². The quantitative estimate of drug-likeness (QED) is 0.868. The number of ketones is 1. The van der Waals surface area contributed by atoms with Gasteiger partial charge in [-0.25, -0.2) is 4.39 Å². The van der Waals surface area contributed by atoms with Crippen LogP contribution in [0.25, 0.3) is 0 Å². The number of carbonyl (C=O) groups is 1. The highest BCUT2D eigenvalue weighted by atomic mass is 35.5. The molecule has 1 atom stereocenters. The highest BCUT2D eigenvalue weighted by Gasteiger charge is 2.27. The van der Waals surface area contributed by atoms with Gasteiger partial charge in [0.25, 0.3) is 0 Å². The lowest BCUT2D eigenvalue weighted by atomic mass is 9.88. The normalized spacial score (nSPS) is 17.7. The van der Waals surface area contributed by atoms with Crippen molar-refractivity contribution in [2.75, 3.05) is 19.8 Å². The van der Waals surface area contributed by atoms with Crippen LogP contribution < -0.4 is 5.32 Å². The third-order valence-corrected chi connectivity index (χ3v) is 4.32. The Labute approximate surface area is 136 Å². The van der Waals surface area contributed by atoms with E-state index in [0.29, 0.717) is 23.2 Å². The number of nitrogens with one attached hydrogen (secondary N) is 1. The van der Waals surface area contributed by atoms with Gasteiger partial charge in [0.2, 0.25) is 0 Å². The van der Waals surface area contributed by atoms with Gasteiger partial charge < -0.3 is 10.1 Å². The van der Waals surface area contributed by atoms with E-state index < -0.39 is 11.7 Å². The molecular weight excluding hydrogens is 305 g/mol. The first-order valence-corrected chi connectivity index (χ1v) is 8.16. The molecule has 22 heavy (non-hydrogen) atoms. The number of benzene rings is 1. The molecule has 1 aliphatic rings. The van der Waals surface area contributed by atoms with Gasteiger partial charge in [-0.2, -0.15) is 0 Å². The van der Waals surface area contributed by atoms with E-state index in [4.69, 9.17) is 16.3 Å². The van der Waals surface area contributed by atoms with E-state index in [1.807, 2.05) is 13.8 Å². The topological polar surface area (TPSA) is 38.3 Å². The summed E-state index contributed by atoms with van der Waals surface area (Å²) < 4.78 is 19.5. The van der Waals surface area contributed by atoms with Crippen LogP contribution >= 0.6 is 11.6 Å². The van der Waals surface area contributed by atoms with Gasteiger partial charge in [0, 0.05) is 36.7 Å². The Balaban J connectivity index is 2.13. The average molecular weight is 328 g/mol. The Morgan fingerprint density at radius 3 is 2.68 bits per heavy atom. The fourth-order valence-electron chi connectivity index (χ4n) is 2.74. The Hall–Kier alpha value is -0.970. The first-order valence-electron chi connectivity index (χ1n) is 7.79. The molecule has 0 amide bonds. The van der Waals surface area contributed by atoms with E-state index >= 15 is 0 Å². The molecule has 1 fully saturated rings. The second-order valence-corrected chi connectivity index (χ2v) is 6.51. The van der Waals surface area contributed by atoms with Crippen LogP contribution in [0.2, 0.25) is 5.02 Å². The van der Waals surface area contributed by atoms with Crippen molar-refractivity contribution in [2.45, 2.75) is 38.6 Å². The minimum absolute atomic E-state index is 0.0424. The zero-order valence-corrected chi connectivity index (χ0v) is 13.8. The summed E-state index contributed by atoms with van der Waals surface area (Å²) in [6, 6.07) is 4.85. The monoisotopic (exact) mass is 327 g/mol. The van der Waals surface area contributed by atoms with Crippen molar-refractivity contribution in [1.82, 2.24) is 5.32 Å². The molecule has 1 aliphatic heterocycles. The summed E-state index contributed by atoms with van der Waals surface area (Å²) in [7, 11) is 0. The van der Waals surface area contributed by atoms with Gasteiger partial charge in [-0.1, -0.05) is 31.5 Å². The van der Waals surface area contributed by atoms with Gasteiger partial charge in [-0.3, -0.25) is 4.79 Å². The summed E-state index contributed by atoms with van der Waals surface area (Å²) in [5, 5.41) is 3.74. The third kappa shape index (κ3) is 4.51. The van der Waals surface area contributed by atoms with Crippen LogP contribution in [-0.2, 0) is 9.53 Å². The number of hydrogen-bond acceptors (Lipinski definition) is 3. The molecule has 2 rings (SSSR count). The Bertz CT molecular complexity index is 515. The number of carbonyl (C=O) groups excluding carboxylic acids is 1. The average Bonchev–Trinajstić information content (AvgIpc) is 2.49. The van der Waals surface area contributed by atoms with E-state index in [0.717, 1.165) is 26.1 Å². The lowest BCUT2D eigenvalue weighted by molar-refractivity contribution is -0.123. The minimum Gasteiger partial charge on any atom is -0.381 e. The second-order valence-electron chi connectivity index (χ2n) is 6.07. The van der Waals surface area contributed by atoms with Crippen molar-refractivity contribution >= 4 is 17.4 Å². The predicted octanol–water partition coefficient (Wildman–Crippen LogP) is 3.56. The van der Waals surface area contributed by atoms with Crippen LogP contribution in [-0.4, -0.2) is 31.6 Å². The zero-order valence-electron chi connectivity index (χ0n) is 13.1. The summed E-state index contributed by atoms with van der Waals surface area (Å²) in [5.41, 5.74) is 0.419. The summed E-state index contributed by atoms with van der Waals surface area (Å²) in [4.78, 5) is 12.5. The number of Topliss-reactive ketones (excluding diaryl/α,β-unsaturated/α-hetero) is 1. The van der Waals surface area contributed by atoms with Crippen LogP contribution in [0.15, 0.2) is 18.2 Å². The number of hydrogen-bond donors (Lipinski definition) is 1. The predicted molar refractivity (Wildman–Crippen MR) is 85.8 cm³/mol. The molecule has 1 N–H and O–H groups in total. The Kier molecular flexibility index (Phi) is 6.36. The standard InChI is InChI=1S/C17H23ClFNO2/c1-11(2)17(21)15(10-20-13-5-7-22-8-6-13)14-4-3-12(18)9-16(14)19/h3-4,9,11,13,15,20H,5-8,10H2,1-2H3/t15-/m1/s1. The van der Waals surface area contributed by atoms with Gasteiger partial charge in [0.15, 0.2) is 0 Å². The summed E-state index contributed by atoms with van der Waals surface area (Å²) in [6.07, 6.45) is 1.84. The fourth-order valence-corrected chi connectivity index (χ4v) is 2.90. The summed E-state index contributed by atoms with van der Waals surface area (Å²) >= 11 is 5.81. The lowest BCUT2D eigenvalue weighted by Gasteiger charge is -2.26. The molecule has 0 radical (unpaired) electrons. The molecule has 1 aromatic rings. The van der Waals surface area contributed by atoms with E-state index in [-0.39, 0.29) is 11.7 Å². The Morgan fingerprint density at radius 1 is 1.41 bits per heavy atom. The van der Waals surface area contributed by atoms with Crippen molar-refractivity contribution in [3.63, 3.8) is 0 Å². The molecule has 0 aromatic heterocycles. The van der Waals surface area contributed by atoms with Crippen LogP contribution in [0, 0.1) is 11.7 Å². The second kappa shape index (κ2) is 8.04. The number of halogens is 2. The molecule has 5 heteroatoms. The van der Waals surface area contributed by atoms with Crippen LogP contribution in [0.1, 0.15) is 38.2 Å². The first-order chi connectivity index (χ1) is 10.5. The molecular formula is C17H23ClFNO2. The molecule has 1 heterocycles. The maximum Gasteiger partial charge on any atom is 0.144 e. The molecule has 0 aliphatic carbocycles. The fraction of sp³-hybridized carbons (Fsp3) is 0.588. The molecule has 1 saturated heterocycles. The third-order valence-electron chi connectivity index (χ3n) is 4.08. The van der Waals surface area contributed by atoms with Crippen LogP contribution in [0.4, 0.5) is 4.39 Å². The zero-order chi connectivity index (χ0) is 16.1. The van der Waals surface area contributed by atoms with E-state index in [2.05, 4.69) is 5.32 Å². The van der Waals surface area contributed by atoms with Crippen molar-refractivity contribution in [3.05, 3.63) is 34.6 Å².